The van der Waals surface area contributed by atoms with Crippen molar-refractivity contribution in [1.29, 1.82) is 0 Å². The average molecular weight is 238 g/mol. The van der Waals surface area contributed by atoms with Crippen LogP contribution < -0.4 is 0 Å². The molecule has 0 bridgehead atoms. The number of carbonyl (C=O) groups is 1. The molecule has 17 heavy (non-hydrogen) atoms. The van der Waals surface area contributed by atoms with Gasteiger partial charge < -0.3 is 9.47 Å². The van der Waals surface area contributed by atoms with Crippen molar-refractivity contribution in [3.63, 3.8) is 0 Å². The number of fused-ring (bicyclic) bond motifs is 1. The molecule has 2 fully saturated rings. The van der Waals surface area contributed by atoms with Crippen LogP contribution in [0.1, 0.15) is 46.5 Å². The molecule has 3 heteroatoms. The molecule has 0 aromatic carbocycles. The predicted octanol–water partition coefficient (Wildman–Crippen LogP) is 2.84. The zero-order valence-corrected chi connectivity index (χ0v) is 11.0. The van der Waals surface area contributed by atoms with E-state index >= 15 is 0 Å². The zero-order chi connectivity index (χ0) is 12.6. The summed E-state index contributed by atoms with van der Waals surface area (Å²) in [5.74, 6) is -0.118. The molecular weight excluding hydrogens is 216 g/mol. The Morgan fingerprint density at radius 3 is 2.76 bits per heavy atom. The smallest absolute Gasteiger partial charge is 0.306 e. The van der Waals surface area contributed by atoms with Crippen LogP contribution in [-0.2, 0) is 14.3 Å². The molecule has 2 saturated heterocycles. The molecule has 0 N–H and O–H groups in total. The van der Waals surface area contributed by atoms with Gasteiger partial charge in [0.25, 0.3) is 0 Å². The van der Waals surface area contributed by atoms with Crippen molar-refractivity contribution in [2.24, 2.45) is 5.41 Å². The second kappa shape index (κ2) is 4.45. The van der Waals surface area contributed by atoms with Gasteiger partial charge in [0.1, 0.15) is 0 Å². The Bertz CT molecular complexity index is 327. The molecule has 0 spiro atoms. The molecule has 0 unspecified atom stereocenters. The molecule has 2 rings (SSSR count). The molecule has 96 valence electrons. The summed E-state index contributed by atoms with van der Waals surface area (Å²) in [5.41, 5.74) is 1.25. The SMILES string of the molecule is C=C1[C@H](CCC(C)(C)C)O[C@H]2CCC(=O)O[C@@H]12. The van der Waals surface area contributed by atoms with Crippen LogP contribution in [0.2, 0.25) is 0 Å². The van der Waals surface area contributed by atoms with Gasteiger partial charge >= 0.3 is 5.97 Å². The standard InChI is InChI=1S/C14H22O3/c1-9-10(7-8-14(2,3)4)16-11-5-6-12(15)17-13(9)11/h10-11,13H,1,5-8H2,2-4H3/t10-,11-,13-/m0/s1. The Balaban J connectivity index is 1.94. The largest absolute Gasteiger partial charge is 0.455 e. The zero-order valence-electron chi connectivity index (χ0n) is 11.0. The number of hydrogen-bond acceptors (Lipinski definition) is 3. The van der Waals surface area contributed by atoms with Crippen LogP contribution in [0, 0.1) is 5.41 Å². The topological polar surface area (TPSA) is 35.5 Å². The lowest BCUT2D eigenvalue weighted by atomic mass is 9.87. The first-order valence-electron chi connectivity index (χ1n) is 6.40. The Hall–Kier alpha value is -0.830. The third-order valence-electron chi connectivity index (χ3n) is 3.50. The van der Waals surface area contributed by atoms with Gasteiger partial charge in [0, 0.05) is 6.42 Å². The molecule has 0 radical (unpaired) electrons. The van der Waals surface area contributed by atoms with Crippen molar-refractivity contribution in [2.75, 3.05) is 0 Å². The summed E-state index contributed by atoms with van der Waals surface area (Å²) in [7, 11) is 0. The highest BCUT2D eigenvalue weighted by Crippen LogP contribution is 2.37. The molecular formula is C14H22O3. The number of hydrogen-bond donors (Lipinski definition) is 0. The van der Waals surface area contributed by atoms with Crippen molar-refractivity contribution >= 4 is 5.97 Å². The van der Waals surface area contributed by atoms with E-state index in [1.165, 1.54) is 0 Å². The Morgan fingerprint density at radius 1 is 1.41 bits per heavy atom. The first kappa shape index (κ1) is 12.6. The fraction of sp³-hybridized carbons (Fsp3) is 0.786. The summed E-state index contributed by atoms with van der Waals surface area (Å²) >= 11 is 0. The van der Waals surface area contributed by atoms with Crippen LogP contribution in [0.15, 0.2) is 12.2 Å². The van der Waals surface area contributed by atoms with Gasteiger partial charge in [0.05, 0.1) is 12.2 Å². The van der Waals surface area contributed by atoms with Crippen molar-refractivity contribution in [2.45, 2.75) is 64.8 Å². The molecule has 3 atom stereocenters. The highest BCUT2D eigenvalue weighted by molar-refractivity contribution is 5.71. The maximum absolute atomic E-state index is 11.3. The molecule has 0 aliphatic carbocycles. The minimum atomic E-state index is -0.193. The average Bonchev–Trinajstić information content (AvgIpc) is 2.52. The molecule has 2 heterocycles. The lowest BCUT2D eigenvalue weighted by Crippen LogP contribution is -2.33. The molecule has 0 amide bonds. The lowest BCUT2D eigenvalue weighted by molar-refractivity contribution is -0.158. The summed E-state index contributed by atoms with van der Waals surface area (Å²) < 4.78 is 11.3. The van der Waals surface area contributed by atoms with Crippen LogP contribution in [0.5, 0.6) is 0 Å². The maximum Gasteiger partial charge on any atom is 0.306 e. The predicted molar refractivity (Wildman–Crippen MR) is 65.6 cm³/mol. The molecule has 0 aromatic rings. The Labute approximate surface area is 103 Å². The van der Waals surface area contributed by atoms with Crippen molar-refractivity contribution in [3.8, 4) is 0 Å². The second-order valence-corrected chi connectivity index (χ2v) is 6.29. The van der Waals surface area contributed by atoms with E-state index in [0.29, 0.717) is 11.8 Å². The number of ether oxygens (including phenoxy) is 2. The van der Waals surface area contributed by atoms with E-state index in [4.69, 9.17) is 9.47 Å². The van der Waals surface area contributed by atoms with E-state index in [0.717, 1.165) is 24.8 Å². The summed E-state index contributed by atoms with van der Waals surface area (Å²) in [4.78, 5) is 11.3. The summed E-state index contributed by atoms with van der Waals surface area (Å²) in [6.45, 7) is 10.7. The summed E-state index contributed by atoms with van der Waals surface area (Å²) in [6.07, 6.45) is 3.22. The van der Waals surface area contributed by atoms with Crippen molar-refractivity contribution < 1.29 is 14.3 Å². The van der Waals surface area contributed by atoms with E-state index in [-0.39, 0.29) is 24.3 Å². The van der Waals surface area contributed by atoms with Crippen LogP contribution >= 0.6 is 0 Å². The van der Waals surface area contributed by atoms with E-state index in [9.17, 15) is 4.79 Å². The number of esters is 1. The van der Waals surface area contributed by atoms with Gasteiger partial charge in [-0.15, -0.1) is 0 Å². The third-order valence-corrected chi connectivity index (χ3v) is 3.50. The van der Waals surface area contributed by atoms with Crippen molar-refractivity contribution in [3.05, 3.63) is 12.2 Å². The monoisotopic (exact) mass is 238 g/mol. The van der Waals surface area contributed by atoms with Gasteiger partial charge in [-0.25, -0.2) is 0 Å². The second-order valence-electron chi connectivity index (χ2n) is 6.29. The fourth-order valence-electron chi connectivity index (χ4n) is 2.44. The van der Waals surface area contributed by atoms with Gasteiger partial charge in [-0.2, -0.15) is 0 Å². The molecule has 2 aliphatic heterocycles. The molecule has 0 saturated carbocycles. The van der Waals surface area contributed by atoms with Crippen molar-refractivity contribution in [1.82, 2.24) is 0 Å². The lowest BCUT2D eigenvalue weighted by Gasteiger charge is -2.23. The Kier molecular flexibility index (Phi) is 3.30. The molecule has 0 aromatic heterocycles. The van der Waals surface area contributed by atoms with Gasteiger partial charge in [0.15, 0.2) is 6.10 Å². The van der Waals surface area contributed by atoms with E-state index in [1.807, 2.05) is 0 Å². The van der Waals surface area contributed by atoms with Crippen LogP contribution in [-0.4, -0.2) is 24.3 Å². The van der Waals surface area contributed by atoms with Crippen LogP contribution in [0.4, 0.5) is 0 Å². The molecule has 2 aliphatic rings. The number of rotatable bonds is 2. The van der Waals surface area contributed by atoms with E-state index < -0.39 is 0 Å². The normalized spacial score (nSPS) is 33.5. The molecule has 3 nitrogen and oxygen atoms in total. The van der Waals surface area contributed by atoms with Crippen LogP contribution in [0.3, 0.4) is 0 Å². The summed E-state index contributed by atoms with van der Waals surface area (Å²) in [6, 6.07) is 0. The van der Waals surface area contributed by atoms with Gasteiger partial charge in [-0.1, -0.05) is 27.4 Å². The van der Waals surface area contributed by atoms with Crippen LogP contribution in [0.25, 0.3) is 0 Å². The van der Waals surface area contributed by atoms with Gasteiger partial charge in [-0.05, 0) is 30.3 Å². The quantitative estimate of drug-likeness (QED) is 0.548. The summed E-state index contributed by atoms with van der Waals surface area (Å²) in [5, 5.41) is 0. The maximum atomic E-state index is 11.3. The highest BCUT2D eigenvalue weighted by Gasteiger charge is 2.43. The minimum Gasteiger partial charge on any atom is -0.455 e. The van der Waals surface area contributed by atoms with Gasteiger partial charge in [-0.3, -0.25) is 4.79 Å². The van der Waals surface area contributed by atoms with E-state index in [1.54, 1.807) is 0 Å². The van der Waals surface area contributed by atoms with Gasteiger partial charge in [0.2, 0.25) is 0 Å². The first-order chi connectivity index (χ1) is 7.87. The number of carbonyl (C=O) groups excluding carboxylic acids is 1. The Morgan fingerprint density at radius 2 is 2.12 bits per heavy atom. The third kappa shape index (κ3) is 2.89. The minimum absolute atomic E-state index is 0.0465. The first-order valence-corrected chi connectivity index (χ1v) is 6.40. The van der Waals surface area contributed by atoms with E-state index in [2.05, 4.69) is 27.4 Å². The fourth-order valence-corrected chi connectivity index (χ4v) is 2.44. The highest BCUT2D eigenvalue weighted by atomic mass is 16.6.